The van der Waals surface area contributed by atoms with Crippen molar-refractivity contribution in [3.05, 3.63) is 21.2 Å². The van der Waals surface area contributed by atoms with E-state index in [2.05, 4.69) is 50.7 Å². The first-order valence-electron chi connectivity index (χ1n) is 5.07. The Morgan fingerprint density at radius 1 is 1.47 bits per heavy atom. The summed E-state index contributed by atoms with van der Waals surface area (Å²) in [7, 11) is 0. The van der Waals surface area contributed by atoms with Gasteiger partial charge in [0.15, 0.2) is 0 Å². The summed E-state index contributed by atoms with van der Waals surface area (Å²) in [5.74, 6) is 1.24. The van der Waals surface area contributed by atoms with Gasteiger partial charge in [-0.25, -0.2) is 4.98 Å². The number of rotatable bonds is 5. The average Bonchev–Trinajstić information content (AvgIpc) is 2.17. The zero-order chi connectivity index (χ0) is 11.3. The van der Waals surface area contributed by atoms with E-state index in [9.17, 15) is 0 Å². The molecule has 0 aliphatic rings. The molecule has 0 aromatic carbocycles. The van der Waals surface area contributed by atoms with Crippen molar-refractivity contribution >= 4 is 31.9 Å². The third-order valence-electron chi connectivity index (χ3n) is 2.06. The lowest BCUT2D eigenvalue weighted by molar-refractivity contribution is 0.241. The predicted octanol–water partition coefficient (Wildman–Crippen LogP) is 4.42. The number of ether oxygens (including phenoxy) is 1. The molecule has 0 spiro atoms. The minimum absolute atomic E-state index is 0.576. The van der Waals surface area contributed by atoms with Gasteiger partial charge in [-0.05, 0) is 50.3 Å². The standard InChI is InChI=1S/C11H15Br2NO/c1-3-4-8(2)7-15-11-10(13)5-9(12)6-14-11/h5-6,8H,3-4,7H2,1-2H3. The Labute approximate surface area is 108 Å². The van der Waals surface area contributed by atoms with Crippen molar-refractivity contribution in [3.8, 4) is 5.88 Å². The average molecular weight is 337 g/mol. The van der Waals surface area contributed by atoms with E-state index in [1.54, 1.807) is 6.20 Å². The van der Waals surface area contributed by atoms with Gasteiger partial charge < -0.3 is 4.74 Å². The molecule has 1 heterocycles. The molecule has 0 saturated heterocycles. The summed E-state index contributed by atoms with van der Waals surface area (Å²) < 4.78 is 7.46. The highest BCUT2D eigenvalue weighted by atomic mass is 79.9. The first kappa shape index (κ1) is 13.0. The lowest BCUT2D eigenvalue weighted by atomic mass is 10.1. The summed E-state index contributed by atoms with van der Waals surface area (Å²) in [6, 6.07) is 1.94. The molecular weight excluding hydrogens is 322 g/mol. The summed E-state index contributed by atoms with van der Waals surface area (Å²) in [6.07, 6.45) is 4.12. The Balaban J connectivity index is 2.50. The molecule has 0 aliphatic carbocycles. The number of pyridine rings is 1. The molecule has 1 aromatic heterocycles. The molecule has 1 aromatic rings. The van der Waals surface area contributed by atoms with Gasteiger partial charge in [-0.15, -0.1) is 0 Å². The van der Waals surface area contributed by atoms with Crippen molar-refractivity contribution in [2.45, 2.75) is 26.7 Å². The topological polar surface area (TPSA) is 22.1 Å². The van der Waals surface area contributed by atoms with Crippen LogP contribution in [0, 0.1) is 5.92 Å². The Morgan fingerprint density at radius 3 is 2.80 bits per heavy atom. The number of nitrogens with zero attached hydrogens (tertiary/aromatic N) is 1. The number of hydrogen-bond donors (Lipinski definition) is 0. The summed E-state index contributed by atoms with van der Waals surface area (Å²) in [5.41, 5.74) is 0. The Bertz CT molecular complexity index is 317. The van der Waals surface area contributed by atoms with Gasteiger partial charge >= 0.3 is 0 Å². The fourth-order valence-corrected chi connectivity index (χ4v) is 2.41. The van der Waals surface area contributed by atoms with Crippen LogP contribution in [0.2, 0.25) is 0 Å². The highest BCUT2D eigenvalue weighted by Crippen LogP contribution is 2.25. The van der Waals surface area contributed by atoms with Gasteiger partial charge in [0.1, 0.15) is 0 Å². The van der Waals surface area contributed by atoms with Crippen LogP contribution in [0.5, 0.6) is 5.88 Å². The van der Waals surface area contributed by atoms with Crippen molar-refractivity contribution in [2.75, 3.05) is 6.61 Å². The van der Waals surface area contributed by atoms with Crippen molar-refractivity contribution in [2.24, 2.45) is 5.92 Å². The first-order valence-corrected chi connectivity index (χ1v) is 6.66. The van der Waals surface area contributed by atoms with Crippen molar-refractivity contribution in [3.63, 3.8) is 0 Å². The van der Waals surface area contributed by atoms with E-state index in [0.717, 1.165) is 15.6 Å². The third-order valence-corrected chi connectivity index (χ3v) is 3.06. The van der Waals surface area contributed by atoms with Crippen LogP contribution in [-0.2, 0) is 0 Å². The minimum Gasteiger partial charge on any atom is -0.477 e. The zero-order valence-electron chi connectivity index (χ0n) is 8.96. The number of hydrogen-bond acceptors (Lipinski definition) is 2. The molecule has 15 heavy (non-hydrogen) atoms. The number of aromatic nitrogens is 1. The second-order valence-electron chi connectivity index (χ2n) is 3.65. The zero-order valence-corrected chi connectivity index (χ0v) is 12.1. The van der Waals surface area contributed by atoms with Crippen molar-refractivity contribution < 1.29 is 4.74 Å². The maximum absolute atomic E-state index is 5.63. The van der Waals surface area contributed by atoms with Crippen LogP contribution in [-0.4, -0.2) is 11.6 Å². The van der Waals surface area contributed by atoms with Gasteiger partial charge in [0.2, 0.25) is 5.88 Å². The van der Waals surface area contributed by atoms with Crippen molar-refractivity contribution in [1.82, 2.24) is 4.98 Å². The van der Waals surface area contributed by atoms with Gasteiger partial charge in [-0.3, -0.25) is 0 Å². The maximum atomic E-state index is 5.63. The monoisotopic (exact) mass is 335 g/mol. The van der Waals surface area contributed by atoms with Crippen LogP contribution in [0.1, 0.15) is 26.7 Å². The molecule has 0 aliphatic heterocycles. The Hall–Kier alpha value is -0.0900. The smallest absolute Gasteiger partial charge is 0.228 e. The van der Waals surface area contributed by atoms with E-state index in [1.807, 2.05) is 6.07 Å². The summed E-state index contributed by atoms with van der Waals surface area (Å²) in [6.45, 7) is 5.10. The SMILES string of the molecule is CCCC(C)COc1ncc(Br)cc1Br. The predicted molar refractivity (Wildman–Crippen MR) is 69.2 cm³/mol. The molecular formula is C11H15Br2NO. The quantitative estimate of drug-likeness (QED) is 0.794. The van der Waals surface area contributed by atoms with E-state index >= 15 is 0 Å². The second-order valence-corrected chi connectivity index (χ2v) is 5.42. The molecule has 1 unspecified atom stereocenters. The highest BCUT2D eigenvalue weighted by Gasteiger charge is 2.06. The molecule has 4 heteroatoms. The van der Waals surface area contributed by atoms with Crippen LogP contribution in [0.4, 0.5) is 0 Å². The summed E-state index contributed by atoms with van der Waals surface area (Å²) in [4.78, 5) is 4.19. The molecule has 84 valence electrons. The molecule has 0 saturated carbocycles. The van der Waals surface area contributed by atoms with E-state index in [-0.39, 0.29) is 0 Å². The van der Waals surface area contributed by atoms with Gasteiger partial charge in [0, 0.05) is 10.7 Å². The first-order chi connectivity index (χ1) is 7.13. The largest absolute Gasteiger partial charge is 0.477 e. The lowest BCUT2D eigenvalue weighted by Crippen LogP contribution is -2.09. The van der Waals surface area contributed by atoms with Gasteiger partial charge in [-0.2, -0.15) is 0 Å². The van der Waals surface area contributed by atoms with E-state index < -0.39 is 0 Å². The molecule has 0 radical (unpaired) electrons. The van der Waals surface area contributed by atoms with Crippen LogP contribution < -0.4 is 4.74 Å². The third kappa shape index (κ3) is 4.51. The van der Waals surface area contributed by atoms with Crippen molar-refractivity contribution in [1.29, 1.82) is 0 Å². The Morgan fingerprint density at radius 2 is 2.20 bits per heavy atom. The van der Waals surface area contributed by atoms with Crippen LogP contribution in [0.3, 0.4) is 0 Å². The molecule has 0 bridgehead atoms. The maximum Gasteiger partial charge on any atom is 0.228 e. The van der Waals surface area contributed by atoms with Crippen LogP contribution >= 0.6 is 31.9 Å². The normalized spacial score (nSPS) is 12.5. The Kier molecular flexibility index (Phi) is 5.61. The van der Waals surface area contributed by atoms with Gasteiger partial charge in [0.05, 0.1) is 11.1 Å². The summed E-state index contributed by atoms with van der Waals surface area (Å²) in [5, 5.41) is 0. The lowest BCUT2D eigenvalue weighted by Gasteiger charge is -2.12. The van der Waals surface area contributed by atoms with Gasteiger partial charge in [-0.1, -0.05) is 20.3 Å². The number of halogens is 2. The minimum atomic E-state index is 0.576. The highest BCUT2D eigenvalue weighted by molar-refractivity contribution is 9.11. The van der Waals surface area contributed by atoms with E-state index in [4.69, 9.17) is 4.74 Å². The molecule has 0 fully saturated rings. The fourth-order valence-electron chi connectivity index (χ4n) is 1.31. The molecule has 1 atom stereocenters. The van der Waals surface area contributed by atoms with E-state index in [0.29, 0.717) is 11.8 Å². The van der Waals surface area contributed by atoms with E-state index in [1.165, 1.54) is 12.8 Å². The van der Waals surface area contributed by atoms with Gasteiger partial charge in [0.25, 0.3) is 0 Å². The fraction of sp³-hybridized carbons (Fsp3) is 0.545. The van der Waals surface area contributed by atoms with Crippen LogP contribution in [0.25, 0.3) is 0 Å². The molecule has 2 nitrogen and oxygen atoms in total. The molecule has 0 amide bonds. The molecule has 1 rings (SSSR count). The molecule has 0 N–H and O–H groups in total. The van der Waals surface area contributed by atoms with Crippen LogP contribution in [0.15, 0.2) is 21.2 Å². The second kappa shape index (κ2) is 6.48. The summed E-state index contributed by atoms with van der Waals surface area (Å²) >= 11 is 6.77.